The maximum Gasteiger partial charge on any atom is 0.129 e. The van der Waals surface area contributed by atoms with Crippen molar-refractivity contribution in [2.75, 3.05) is 40.3 Å². The lowest BCUT2D eigenvalue weighted by atomic mass is 10.0. The molecule has 1 rings (SSSR count). The molecule has 0 aromatic heterocycles. The Morgan fingerprint density at radius 2 is 1.95 bits per heavy atom. The zero-order valence-electron chi connectivity index (χ0n) is 12.6. The highest BCUT2D eigenvalue weighted by molar-refractivity contribution is 6.31. The first-order valence-electron chi connectivity index (χ1n) is 7.04. The van der Waals surface area contributed by atoms with Crippen LogP contribution in [0.15, 0.2) is 18.2 Å². The standard InChI is InChI=1S/C15H25ClFN3/c1-4-8-20(10-9-19(2)3)14(11-18)15-12(16)6-5-7-13(15)17/h5-7,14H,4,8-11,18H2,1-3H3. The van der Waals surface area contributed by atoms with Gasteiger partial charge >= 0.3 is 0 Å². The summed E-state index contributed by atoms with van der Waals surface area (Å²) in [5, 5.41) is 0.450. The maximum absolute atomic E-state index is 14.1. The Balaban J connectivity index is 3.00. The van der Waals surface area contributed by atoms with Gasteiger partial charge in [-0.2, -0.15) is 0 Å². The van der Waals surface area contributed by atoms with Gasteiger partial charge in [-0.15, -0.1) is 0 Å². The molecule has 114 valence electrons. The van der Waals surface area contributed by atoms with E-state index < -0.39 is 0 Å². The van der Waals surface area contributed by atoms with Crippen molar-refractivity contribution in [1.82, 2.24) is 9.80 Å². The third-order valence-corrected chi connectivity index (χ3v) is 3.67. The van der Waals surface area contributed by atoms with E-state index in [1.54, 1.807) is 12.1 Å². The largest absolute Gasteiger partial charge is 0.329 e. The quantitative estimate of drug-likeness (QED) is 0.801. The molecule has 1 aromatic rings. The van der Waals surface area contributed by atoms with Gasteiger partial charge < -0.3 is 10.6 Å². The van der Waals surface area contributed by atoms with Crippen LogP contribution in [0.5, 0.6) is 0 Å². The van der Waals surface area contributed by atoms with Crippen molar-refractivity contribution < 1.29 is 4.39 Å². The highest BCUT2D eigenvalue weighted by Gasteiger charge is 2.23. The molecule has 1 unspecified atom stereocenters. The van der Waals surface area contributed by atoms with Crippen molar-refractivity contribution in [2.24, 2.45) is 5.73 Å². The van der Waals surface area contributed by atoms with Crippen molar-refractivity contribution in [1.29, 1.82) is 0 Å². The number of rotatable bonds is 8. The molecule has 0 saturated carbocycles. The van der Waals surface area contributed by atoms with Crippen molar-refractivity contribution in [3.63, 3.8) is 0 Å². The van der Waals surface area contributed by atoms with Gasteiger partial charge in [0, 0.05) is 30.2 Å². The molecular formula is C15H25ClFN3. The first kappa shape index (κ1) is 17.4. The molecule has 3 nitrogen and oxygen atoms in total. The molecule has 0 aliphatic carbocycles. The average Bonchev–Trinajstić information content (AvgIpc) is 2.39. The van der Waals surface area contributed by atoms with Crippen LogP contribution in [0.3, 0.4) is 0 Å². The van der Waals surface area contributed by atoms with Crippen LogP contribution in [0.4, 0.5) is 4.39 Å². The Morgan fingerprint density at radius 1 is 1.25 bits per heavy atom. The first-order chi connectivity index (χ1) is 9.51. The lowest BCUT2D eigenvalue weighted by Crippen LogP contribution is -2.39. The van der Waals surface area contributed by atoms with Crippen molar-refractivity contribution in [3.05, 3.63) is 34.6 Å². The summed E-state index contributed by atoms with van der Waals surface area (Å²) in [6.07, 6.45) is 0.996. The third-order valence-electron chi connectivity index (χ3n) is 3.34. The highest BCUT2D eigenvalue weighted by atomic mass is 35.5. The van der Waals surface area contributed by atoms with Gasteiger partial charge in [-0.1, -0.05) is 24.6 Å². The van der Waals surface area contributed by atoms with Gasteiger partial charge in [0.15, 0.2) is 0 Å². The zero-order valence-corrected chi connectivity index (χ0v) is 13.3. The van der Waals surface area contributed by atoms with Crippen molar-refractivity contribution in [3.8, 4) is 0 Å². The molecule has 20 heavy (non-hydrogen) atoms. The fourth-order valence-electron chi connectivity index (χ4n) is 2.32. The predicted molar refractivity (Wildman–Crippen MR) is 83.6 cm³/mol. The van der Waals surface area contributed by atoms with E-state index in [4.69, 9.17) is 17.3 Å². The summed E-state index contributed by atoms with van der Waals surface area (Å²) in [6.45, 7) is 5.09. The van der Waals surface area contributed by atoms with Crippen LogP contribution >= 0.6 is 11.6 Å². The van der Waals surface area contributed by atoms with Crippen LogP contribution in [0.2, 0.25) is 5.02 Å². The molecule has 1 atom stereocenters. The van der Waals surface area contributed by atoms with Gasteiger partial charge in [0.1, 0.15) is 5.82 Å². The number of nitrogens with zero attached hydrogens (tertiary/aromatic N) is 2. The van der Waals surface area contributed by atoms with Crippen LogP contribution in [0.25, 0.3) is 0 Å². The van der Waals surface area contributed by atoms with E-state index in [1.165, 1.54) is 6.07 Å². The Labute approximate surface area is 126 Å². The van der Waals surface area contributed by atoms with Crippen LogP contribution in [0, 0.1) is 5.82 Å². The summed E-state index contributed by atoms with van der Waals surface area (Å²) in [4.78, 5) is 4.32. The second-order valence-corrected chi connectivity index (χ2v) is 5.63. The molecule has 0 bridgehead atoms. The first-order valence-corrected chi connectivity index (χ1v) is 7.41. The molecule has 0 fully saturated rings. The van der Waals surface area contributed by atoms with Gasteiger partial charge in [0.05, 0.1) is 6.04 Å². The fraction of sp³-hybridized carbons (Fsp3) is 0.600. The average molecular weight is 302 g/mol. The van der Waals surface area contributed by atoms with Crippen LogP contribution in [0.1, 0.15) is 24.9 Å². The topological polar surface area (TPSA) is 32.5 Å². The summed E-state index contributed by atoms with van der Waals surface area (Å²) in [7, 11) is 4.05. The summed E-state index contributed by atoms with van der Waals surface area (Å²) >= 11 is 6.18. The molecule has 0 heterocycles. The third kappa shape index (κ3) is 4.70. The predicted octanol–water partition coefficient (Wildman–Crippen LogP) is 2.75. The van der Waals surface area contributed by atoms with Crippen molar-refractivity contribution >= 4 is 11.6 Å². The SMILES string of the molecule is CCCN(CCN(C)C)C(CN)c1c(F)cccc1Cl. The van der Waals surface area contributed by atoms with Gasteiger partial charge in [-0.3, -0.25) is 4.90 Å². The number of benzene rings is 1. The van der Waals surface area contributed by atoms with Gasteiger partial charge in [0.25, 0.3) is 0 Å². The normalized spacial score (nSPS) is 13.2. The van der Waals surface area contributed by atoms with E-state index in [1.807, 2.05) is 14.1 Å². The van der Waals surface area contributed by atoms with Crippen LogP contribution < -0.4 is 5.73 Å². The minimum Gasteiger partial charge on any atom is -0.329 e. The Morgan fingerprint density at radius 3 is 2.45 bits per heavy atom. The summed E-state index contributed by atoms with van der Waals surface area (Å²) in [5.41, 5.74) is 6.42. The smallest absolute Gasteiger partial charge is 0.129 e. The minimum absolute atomic E-state index is 0.177. The van der Waals surface area contributed by atoms with E-state index in [0.717, 1.165) is 26.1 Å². The second kappa shape index (κ2) is 8.57. The number of hydrogen-bond acceptors (Lipinski definition) is 3. The Hall–Kier alpha value is -0.680. The zero-order chi connectivity index (χ0) is 15.1. The number of likely N-dealkylation sites (N-methyl/N-ethyl adjacent to an activating group) is 1. The molecule has 0 radical (unpaired) electrons. The monoisotopic (exact) mass is 301 g/mol. The molecule has 0 amide bonds. The van der Waals surface area contributed by atoms with Crippen molar-refractivity contribution in [2.45, 2.75) is 19.4 Å². The van der Waals surface area contributed by atoms with Gasteiger partial charge in [-0.25, -0.2) is 4.39 Å². The molecule has 2 N–H and O–H groups in total. The van der Waals surface area contributed by atoms with Gasteiger partial charge in [-0.05, 0) is 39.2 Å². The fourth-order valence-corrected chi connectivity index (χ4v) is 2.61. The molecular weight excluding hydrogens is 277 g/mol. The summed E-state index contributed by atoms with van der Waals surface area (Å²) < 4.78 is 14.1. The molecule has 0 aliphatic heterocycles. The maximum atomic E-state index is 14.1. The lowest BCUT2D eigenvalue weighted by Gasteiger charge is -2.32. The van der Waals surface area contributed by atoms with E-state index >= 15 is 0 Å². The van der Waals surface area contributed by atoms with E-state index in [0.29, 0.717) is 17.1 Å². The van der Waals surface area contributed by atoms with Gasteiger partial charge in [0.2, 0.25) is 0 Å². The summed E-state index contributed by atoms with van der Waals surface area (Å²) in [6, 6.07) is 4.61. The number of halogens is 2. The number of hydrogen-bond donors (Lipinski definition) is 1. The van der Waals surface area contributed by atoms with E-state index in [9.17, 15) is 4.39 Å². The molecule has 5 heteroatoms. The van der Waals surface area contributed by atoms with E-state index in [-0.39, 0.29) is 11.9 Å². The summed E-state index contributed by atoms with van der Waals surface area (Å²) in [5.74, 6) is -0.279. The highest BCUT2D eigenvalue weighted by Crippen LogP contribution is 2.29. The lowest BCUT2D eigenvalue weighted by molar-refractivity contribution is 0.179. The Bertz CT molecular complexity index is 392. The number of nitrogens with two attached hydrogens (primary N) is 1. The Kier molecular flexibility index (Phi) is 7.45. The minimum atomic E-state index is -0.279. The van der Waals surface area contributed by atoms with Crippen LogP contribution in [-0.4, -0.2) is 50.1 Å². The van der Waals surface area contributed by atoms with E-state index in [2.05, 4.69) is 16.7 Å². The molecule has 0 aliphatic rings. The molecule has 0 saturated heterocycles. The molecule has 1 aromatic carbocycles. The van der Waals surface area contributed by atoms with Crippen LogP contribution in [-0.2, 0) is 0 Å². The molecule has 0 spiro atoms. The second-order valence-electron chi connectivity index (χ2n) is 5.23.